The lowest BCUT2D eigenvalue weighted by atomic mass is 10.1. The molecule has 2 aromatic rings. The van der Waals surface area contributed by atoms with Crippen LogP contribution in [0.4, 0.5) is 5.69 Å². The fourth-order valence-corrected chi connectivity index (χ4v) is 2.82. The van der Waals surface area contributed by atoms with Gasteiger partial charge in [-0.15, -0.1) is 0 Å². The van der Waals surface area contributed by atoms with Crippen LogP contribution in [0.15, 0.2) is 51.4 Å². The summed E-state index contributed by atoms with van der Waals surface area (Å²) in [5.41, 5.74) is 2.38. The fraction of sp³-hybridized carbons (Fsp3) is 0.0714. The van der Waals surface area contributed by atoms with Crippen molar-refractivity contribution >= 4 is 43.5 Å². The van der Waals surface area contributed by atoms with E-state index in [0.29, 0.717) is 5.56 Å². The van der Waals surface area contributed by atoms with Crippen molar-refractivity contribution in [3.63, 3.8) is 0 Å². The van der Waals surface area contributed by atoms with E-state index < -0.39 is 0 Å². The van der Waals surface area contributed by atoms with Gasteiger partial charge in [-0.1, -0.05) is 24.3 Å². The van der Waals surface area contributed by atoms with Crippen molar-refractivity contribution in [2.24, 2.45) is 0 Å². The van der Waals surface area contributed by atoms with E-state index >= 15 is 0 Å². The van der Waals surface area contributed by atoms with Gasteiger partial charge >= 0.3 is 0 Å². The Morgan fingerprint density at radius 1 is 1.00 bits per heavy atom. The van der Waals surface area contributed by atoms with Crippen molar-refractivity contribution in [2.45, 2.75) is 6.92 Å². The van der Waals surface area contributed by atoms with Gasteiger partial charge in [-0.25, -0.2) is 0 Å². The summed E-state index contributed by atoms with van der Waals surface area (Å²) < 4.78 is 1.69. The van der Waals surface area contributed by atoms with Crippen LogP contribution in [-0.2, 0) is 0 Å². The number of rotatable bonds is 2. The molecule has 92 valence electrons. The predicted octanol–water partition coefficient (Wildman–Crippen LogP) is 4.77. The molecule has 0 atom stereocenters. The monoisotopic (exact) mass is 367 g/mol. The van der Waals surface area contributed by atoms with Crippen LogP contribution in [-0.4, -0.2) is 5.91 Å². The molecule has 2 aromatic carbocycles. The molecule has 0 radical (unpaired) electrons. The SMILES string of the molecule is Cc1ccccc1C(=O)Nc1c(Br)cccc1Br. The first-order valence-corrected chi connectivity index (χ1v) is 6.99. The smallest absolute Gasteiger partial charge is 0.255 e. The molecule has 0 fully saturated rings. The van der Waals surface area contributed by atoms with Gasteiger partial charge in [0, 0.05) is 14.5 Å². The number of carbonyl (C=O) groups excluding carboxylic acids is 1. The van der Waals surface area contributed by atoms with Crippen LogP contribution in [0.2, 0.25) is 0 Å². The largest absolute Gasteiger partial charge is 0.320 e. The van der Waals surface area contributed by atoms with Crippen molar-refractivity contribution in [1.82, 2.24) is 0 Å². The van der Waals surface area contributed by atoms with Crippen LogP contribution in [0.3, 0.4) is 0 Å². The Morgan fingerprint density at radius 3 is 2.22 bits per heavy atom. The zero-order valence-electron chi connectivity index (χ0n) is 9.71. The first kappa shape index (κ1) is 13.3. The van der Waals surface area contributed by atoms with E-state index in [4.69, 9.17) is 0 Å². The van der Waals surface area contributed by atoms with Gasteiger partial charge in [0.2, 0.25) is 0 Å². The number of benzene rings is 2. The maximum atomic E-state index is 12.2. The summed E-state index contributed by atoms with van der Waals surface area (Å²) in [6, 6.07) is 13.2. The Labute approximate surface area is 123 Å². The number of nitrogens with one attached hydrogen (secondary N) is 1. The number of amides is 1. The zero-order chi connectivity index (χ0) is 13.1. The molecule has 1 N–H and O–H groups in total. The minimum Gasteiger partial charge on any atom is -0.320 e. The third kappa shape index (κ3) is 2.82. The molecule has 0 spiro atoms. The van der Waals surface area contributed by atoms with E-state index in [2.05, 4.69) is 37.2 Å². The standard InChI is InChI=1S/C14H11Br2NO/c1-9-5-2-3-6-10(9)14(18)17-13-11(15)7-4-8-12(13)16/h2-8H,1H3,(H,17,18). The average molecular weight is 369 g/mol. The quantitative estimate of drug-likeness (QED) is 0.812. The summed E-state index contributed by atoms with van der Waals surface area (Å²) in [5.74, 6) is -0.110. The van der Waals surface area contributed by atoms with E-state index in [0.717, 1.165) is 20.2 Å². The van der Waals surface area contributed by atoms with Gasteiger partial charge in [0.15, 0.2) is 0 Å². The highest BCUT2D eigenvalue weighted by molar-refractivity contribution is 9.11. The normalized spacial score (nSPS) is 10.2. The number of anilines is 1. The molecule has 4 heteroatoms. The van der Waals surface area contributed by atoms with Gasteiger partial charge in [0.25, 0.3) is 5.91 Å². The minimum absolute atomic E-state index is 0.110. The average Bonchev–Trinajstić information content (AvgIpc) is 2.34. The minimum atomic E-state index is -0.110. The van der Waals surface area contributed by atoms with Crippen LogP contribution in [0.25, 0.3) is 0 Å². The lowest BCUT2D eigenvalue weighted by molar-refractivity contribution is 0.102. The van der Waals surface area contributed by atoms with Crippen LogP contribution in [0.5, 0.6) is 0 Å². The molecule has 2 nitrogen and oxygen atoms in total. The van der Waals surface area contributed by atoms with Gasteiger partial charge in [-0.05, 0) is 62.5 Å². The number of aryl methyl sites for hydroxylation is 1. The maximum Gasteiger partial charge on any atom is 0.255 e. The summed E-state index contributed by atoms with van der Waals surface area (Å²) in [5, 5.41) is 2.90. The zero-order valence-corrected chi connectivity index (χ0v) is 12.9. The summed E-state index contributed by atoms with van der Waals surface area (Å²) in [6.45, 7) is 1.92. The summed E-state index contributed by atoms with van der Waals surface area (Å²) in [4.78, 5) is 12.2. The number of carbonyl (C=O) groups is 1. The molecule has 0 heterocycles. The van der Waals surface area contributed by atoms with E-state index in [1.165, 1.54) is 0 Å². The summed E-state index contributed by atoms with van der Waals surface area (Å²) >= 11 is 6.84. The van der Waals surface area contributed by atoms with E-state index in [1.807, 2.05) is 49.4 Å². The summed E-state index contributed by atoms with van der Waals surface area (Å²) in [7, 11) is 0. The molecular weight excluding hydrogens is 358 g/mol. The second kappa shape index (κ2) is 5.67. The van der Waals surface area contributed by atoms with Crippen molar-refractivity contribution in [3.05, 3.63) is 62.5 Å². The highest BCUT2D eigenvalue weighted by atomic mass is 79.9. The van der Waals surface area contributed by atoms with Crippen molar-refractivity contribution in [2.75, 3.05) is 5.32 Å². The second-order valence-electron chi connectivity index (χ2n) is 3.87. The lowest BCUT2D eigenvalue weighted by Gasteiger charge is -2.10. The number of halogens is 2. The molecular formula is C14H11Br2NO. The van der Waals surface area contributed by atoms with Gasteiger partial charge in [0.1, 0.15) is 0 Å². The van der Waals surface area contributed by atoms with Gasteiger partial charge in [-0.3, -0.25) is 4.79 Å². The van der Waals surface area contributed by atoms with Crippen LogP contribution in [0, 0.1) is 6.92 Å². The maximum absolute atomic E-state index is 12.2. The highest BCUT2D eigenvalue weighted by Gasteiger charge is 2.12. The first-order valence-electron chi connectivity index (χ1n) is 5.40. The van der Waals surface area contributed by atoms with Crippen molar-refractivity contribution < 1.29 is 4.79 Å². The number of hydrogen-bond acceptors (Lipinski definition) is 1. The molecule has 2 rings (SSSR count). The van der Waals surface area contributed by atoms with Crippen LogP contribution >= 0.6 is 31.9 Å². The molecule has 18 heavy (non-hydrogen) atoms. The molecule has 0 bridgehead atoms. The van der Waals surface area contributed by atoms with E-state index in [1.54, 1.807) is 0 Å². The van der Waals surface area contributed by atoms with Gasteiger partial charge < -0.3 is 5.32 Å². The predicted molar refractivity (Wildman–Crippen MR) is 81.0 cm³/mol. The van der Waals surface area contributed by atoms with Crippen molar-refractivity contribution in [3.8, 4) is 0 Å². The van der Waals surface area contributed by atoms with E-state index in [9.17, 15) is 4.79 Å². The number of hydrogen-bond donors (Lipinski definition) is 1. The molecule has 0 aliphatic rings. The van der Waals surface area contributed by atoms with Crippen molar-refractivity contribution in [1.29, 1.82) is 0 Å². The molecule has 1 amide bonds. The van der Waals surface area contributed by atoms with E-state index in [-0.39, 0.29) is 5.91 Å². The molecule has 0 aliphatic heterocycles. The third-order valence-corrected chi connectivity index (χ3v) is 3.91. The Morgan fingerprint density at radius 2 is 1.61 bits per heavy atom. The topological polar surface area (TPSA) is 29.1 Å². The second-order valence-corrected chi connectivity index (χ2v) is 5.57. The van der Waals surface area contributed by atoms with Gasteiger partial charge in [-0.2, -0.15) is 0 Å². The van der Waals surface area contributed by atoms with Gasteiger partial charge in [0.05, 0.1) is 5.69 Å². The Balaban J connectivity index is 2.30. The highest BCUT2D eigenvalue weighted by Crippen LogP contribution is 2.31. The van der Waals surface area contributed by atoms with Crippen LogP contribution in [0.1, 0.15) is 15.9 Å². The summed E-state index contributed by atoms with van der Waals surface area (Å²) in [6.07, 6.45) is 0. The molecule has 0 aliphatic carbocycles. The Hall–Kier alpha value is -1.13. The molecule has 0 saturated carbocycles. The fourth-order valence-electron chi connectivity index (χ4n) is 1.63. The first-order chi connectivity index (χ1) is 8.59. The lowest BCUT2D eigenvalue weighted by Crippen LogP contribution is -2.14. The molecule has 0 aromatic heterocycles. The number of para-hydroxylation sites is 1. The Kier molecular flexibility index (Phi) is 4.19. The van der Waals surface area contributed by atoms with Crippen LogP contribution < -0.4 is 5.32 Å². The Bertz CT molecular complexity index is 576. The molecule has 0 saturated heterocycles. The third-order valence-electron chi connectivity index (χ3n) is 2.59. The molecule has 0 unspecified atom stereocenters.